The highest BCUT2D eigenvalue weighted by atomic mass is 16.3. The Labute approximate surface area is 122 Å². The van der Waals surface area contributed by atoms with Gasteiger partial charge in [0, 0.05) is 26.2 Å². The van der Waals surface area contributed by atoms with Crippen LogP contribution < -0.4 is 5.32 Å². The number of rotatable bonds is 5. The number of nitrogens with zero attached hydrogens (tertiary/aromatic N) is 2. The van der Waals surface area contributed by atoms with Gasteiger partial charge in [-0.05, 0) is 38.8 Å². The predicted molar refractivity (Wildman–Crippen MR) is 79.6 cm³/mol. The van der Waals surface area contributed by atoms with Gasteiger partial charge >= 0.3 is 0 Å². The van der Waals surface area contributed by atoms with Gasteiger partial charge in [0.2, 0.25) is 5.91 Å². The Morgan fingerprint density at radius 2 is 2.10 bits per heavy atom. The third kappa shape index (κ3) is 3.51. The Morgan fingerprint density at radius 1 is 1.25 bits per heavy atom. The van der Waals surface area contributed by atoms with Crippen molar-refractivity contribution in [1.29, 1.82) is 0 Å². The van der Waals surface area contributed by atoms with Gasteiger partial charge in [0.1, 0.15) is 0 Å². The number of hydrogen-bond acceptors (Lipinski definition) is 4. The number of amides is 1. The molecule has 0 aromatic carbocycles. The quantitative estimate of drug-likeness (QED) is 0.768. The molecule has 2 N–H and O–H groups in total. The molecule has 0 aromatic rings. The van der Waals surface area contributed by atoms with E-state index in [0.29, 0.717) is 5.91 Å². The van der Waals surface area contributed by atoms with E-state index < -0.39 is 0 Å². The van der Waals surface area contributed by atoms with Crippen molar-refractivity contribution in [3.05, 3.63) is 0 Å². The molecule has 0 spiro atoms. The van der Waals surface area contributed by atoms with Gasteiger partial charge < -0.3 is 15.3 Å². The first-order chi connectivity index (χ1) is 9.72. The van der Waals surface area contributed by atoms with E-state index in [1.165, 1.54) is 0 Å². The normalized spacial score (nSPS) is 28.6. The van der Waals surface area contributed by atoms with Crippen LogP contribution in [0.3, 0.4) is 0 Å². The van der Waals surface area contributed by atoms with Crippen LogP contribution in [0.15, 0.2) is 0 Å². The molecular formula is C15H29N3O2. The number of carbonyl (C=O) groups is 1. The Kier molecular flexibility index (Phi) is 5.81. The van der Waals surface area contributed by atoms with Gasteiger partial charge in [0.15, 0.2) is 0 Å². The summed E-state index contributed by atoms with van der Waals surface area (Å²) in [6.07, 6.45) is 5.09. The van der Waals surface area contributed by atoms with Gasteiger partial charge in [-0.2, -0.15) is 0 Å². The van der Waals surface area contributed by atoms with Gasteiger partial charge in [0.05, 0.1) is 12.1 Å². The summed E-state index contributed by atoms with van der Waals surface area (Å²) >= 11 is 0. The van der Waals surface area contributed by atoms with Crippen molar-refractivity contribution >= 4 is 5.91 Å². The second-order valence-electron chi connectivity index (χ2n) is 6.07. The minimum Gasteiger partial charge on any atom is -0.395 e. The molecule has 2 saturated heterocycles. The van der Waals surface area contributed by atoms with E-state index >= 15 is 0 Å². The van der Waals surface area contributed by atoms with Crippen LogP contribution in [0.25, 0.3) is 0 Å². The summed E-state index contributed by atoms with van der Waals surface area (Å²) in [4.78, 5) is 17.2. The van der Waals surface area contributed by atoms with Gasteiger partial charge in [-0.15, -0.1) is 0 Å². The molecule has 2 rings (SSSR count). The lowest BCUT2D eigenvalue weighted by atomic mass is 9.90. The third-order valence-electron chi connectivity index (χ3n) is 4.62. The van der Waals surface area contributed by atoms with Crippen LogP contribution in [0.4, 0.5) is 0 Å². The molecular weight excluding hydrogens is 254 g/mol. The lowest BCUT2D eigenvalue weighted by molar-refractivity contribution is -0.138. The summed E-state index contributed by atoms with van der Waals surface area (Å²) < 4.78 is 0. The standard InChI is InChI=1S/C15H29N3O2/c1-2-5-15(6-3-7-16-15)14(20)18-9-4-8-17(10-11-18)12-13-19/h16,19H,2-13H2,1H3. The number of aliphatic hydroxyl groups is 1. The first kappa shape index (κ1) is 15.7. The number of β-amino-alcohol motifs (C(OH)–C–C–N with tert-alkyl or cyclic N) is 1. The first-order valence-corrected chi connectivity index (χ1v) is 8.09. The van der Waals surface area contributed by atoms with Crippen molar-refractivity contribution < 1.29 is 9.90 Å². The maximum Gasteiger partial charge on any atom is 0.242 e. The highest BCUT2D eigenvalue weighted by Gasteiger charge is 2.42. The minimum atomic E-state index is -0.291. The molecule has 0 aromatic heterocycles. The summed E-state index contributed by atoms with van der Waals surface area (Å²) in [5, 5.41) is 12.5. The molecule has 116 valence electrons. The molecule has 0 radical (unpaired) electrons. The van der Waals surface area contributed by atoms with E-state index in [1.807, 2.05) is 4.90 Å². The van der Waals surface area contributed by atoms with Crippen LogP contribution in [0.1, 0.15) is 39.0 Å². The maximum absolute atomic E-state index is 12.9. The van der Waals surface area contributed by atoms with Crippen LogP contribution in [-0.4, -0.2) is 72.2 Å². The zero-order valence-electron chi connectivity index (χ0n) is 12.7. The number of hydrogen-bond donors (Lipinski definition) is 2. The maximum atomic E-state index is 12.9. The highest BCUT2D eigenvalue weighted by molar-refractivity contribution is 5.86. The molecule has 2 aliphatic heterocycles. The molecule has 5 nitrogen and oxygen atoms in total. The Hall–Kier alpha value is -0.650. The Bertz CT molecular complexity index is 316. The van der Waals surface area contributed by atoms with Gasteiger partial charge in [-0.3, -0.25) is 9.69 Å². The summed E-state index contributed by atoms with van der Waals surface area (Å²) in [5.74, 6) is 0.308. The fourth-order valence-corrected chi connectivity index (χ4v) is 3.58. The molecule has 20 heavy (non-hydrogen) atoms. The smallest absolute Gasteiger partial charge is 0.242 e. The van der Waals surface area contributed by atoms with E-state index in [4.69, 9.17) is 5.11 Å². The van der Waals surface area contributed by atoms with E-state index in [9.17, 15) is 4.79 Å². The summed E-state index contributed by atoms with van der Waals surface area (Å²) in [5.41, 5.74) is -0.291. The fourth-order valence-electron chi connectivity index (χ4n) is 3.58. The van der Waals surface area contributed by atoms with E-state index in [2.05, 4.69) is 17.1 Å². The number of aliphatic hydroxyl groups excluding tert-OH is 1. The van der Waals surface area contributed by atoms with Crippen molar-refractivity contribution in [2.45, 2.75) is 44.6 Å². The molecule has 1 atom stereocenters. The second-order valence-corrected chi connectivity index (χ2v) is 6.07. The number of nitrogens with one attached hydrogen (secondary N) is 1. The van der Waals surface area contributed by atoms with Crippen LogP contribution in [0.5, 0.6) is 0 Å². The summed E-state index contributed by atoms with van der Waals surface area (Å²) in [7, 11) is 0. The largest absolute Gasteiger partial charge is 0.395 e. The summed E-state index contributed by atoms with van der Waals surface area (Å²) in [6.45, 7) is 7.57. The van der Waals surface area contributed by atoms with Crippen LogP contribution >= 0.6 is 0 Å². The summed E-state index contributed by atoms with van der Waals surface area (Å²) in [6, 6.07) is 0. The molecule has 0 aliphatic carbocycles. The average Bonchev–Trinajstić information content (AvgIpc) is 2.79. The van der Waals surface area contributed by atoms with E-state index in [0.717, 1.165) is 71.4 Å². The molecule has 0 saturated carbocycles. The highest BCUT2D eigenvalue weighted by Crippen LogP contribution is 2.27. The SMILES string of the molecule is CCCC1(C(=O)N2CCCN(CCO)CC2)CCCN1. The second kappa shape index (κ2) is 7.38. The lowest BCUT2D eigenvalue weighted by Crippen LogP contribution is -2.55. The fraction of sp³-hybridized carbons (Fsp3) is 0.933. The average molecular weight is 283 g/mol. The van der Waals surface area contributed by atoms with E-state index in [1.54, 1.807) is 0 Å². The molecule has 1 unspecified atom stereocenters. The van der Waals surface area contributed by atoms with Crippen molar-refractivity contribution in [3.8, 4) is 0 Å². The van der Waals surface area contributed by atoms with Gasteiger partial charge in [-0.25, -0.2) is 0 Å². The molecule has 0 bridgehead atoms. The molecule has 2 fully saturated rings. The number of carbonyl (C=O) groups excluding carboxylic acids is 1. The minimum absolute atomic E-state index is 0.204. The lowest BCUT2D eigenvalue weighted by Gasteiger charge is -2.34. The molecule has 5 heteroatoms. The molecule has 1 amide bonds. The van der Waals surface area contributed by atoms with E-state index in [-0.39, 0.29) is 12.1 Å². The molecule has 2 heterocycles. The molecule has 2 aliphatic rings. The third-order valence-corrected chi connectivity index (χ3v) is 4.62. The Balaban J connectivity index is 1.97. The van der Waals surface area contributed by atoms with Crippen molar-refractivity contribution in [2.24, 2.45) is 0 Å². The van der Waals surface area contributed by atoms with Gasteiger partial charge in [-0.1, -0.05) is 13.3 Å². The van der Waals surface area contributed by atoms with Crippen LogP contribution in [0.2, 0.25) is 0 Å². The van der Waals surface area contributed by atoms with Crippen LogP contribution in [-0.2, 0) is 4.79 Å². The van der Waals surface area contributed by atoms with Crippen LogP contribution in [0, 0.1) is 0 Å². The zero-order chi connectivity index (χ0) is 14.4. The van der Waals surface area contributed by atoms with Gasteiger partial charge in [0.25, 0.3) is 0 Å². The zero-order valence-corrected chi connectivity index (χ0v) is 12.7. The van der Waals surface area contributed by atoms with Crippen molar-refractivity contribution in [2.75, 3.05) is 45.9 Å². The monoisotopic (exact) mass is 283 g/mol. The topological polar surface area (TPSA) is 55.8 Å². The predicted octanol–water partition coefficient (Wildman–Crippen LogP) is 0.435. The van der Waals surface area contributed by atoms with Crippen molar-refractivity contribution in [1.82, 2.24) is 15.1 Å². The van der Waals surface area contributed by atoms with Crippen molar-refractivity contribution in [3.63, 3.8) is 0 Å². The first-order valence-electron chi connectivity index (χ1n) is 8.09. The Morgan fingerprint density at radius 3 is 2.75 bits per heavy atom.